The average molecular weight is 331 g/mol. The first-order chi connectivity index (χ1) is 8.81. The first kappa shape index (κ1) is 14.3. The molecule has 100 valence electrons. The third kappa shape index (κ3) is 3.96. The number of halogens is 1. The summed E-state index contributed by atoms with van der Waals surface area (Å²) >= 11 is 5.40. The van der Waals surface area contributed by atoms with Crippen molar-refractivity contribution >= 4 is 27.7 Å². The van der Waals surface area contributed by atoms with E-state index in [0.29, 0.717) is 12.0 Å². The van der Waals surface area contributed by atoms with E-state index >= 15 is 0 Å². The molecule has 0 aromatic heterocycles. The lowest BCUT2D eigenvalue weighted by atomic mass is 9.95. The summed E-state index contributed by atoms with van der Waals surface area (Å²) in [6, 6.07) is 8.59. The quantitative estimate of drug-likeness (QED) is 0.495. The first-order valence-electron chi connectivity index (χ1n) is 6.22. The van der Waals surface area contributed by atoms with E-state index in [2.05, 4.69) is 39.6 Å². The molecule has 1 aromatic rings. The molecule has 0 radical (unpaired) electrons. The Kier molecular flexibility index (Phi) is 5.98. The van der Waals surface area contributed by atoms with E-state index in [-0.39, 0.29) is 0 Å². The molecule has 1 heterocycles. The predicted octanol–water partition coefficient (Wildman–Crippen LogP) is 2.80. The minimum absolute atomic E-state index is 0.308. The van der Waals surface area contributed by atoms with E-state index in [4.69, 9.17) is 10.6 Å². The Morgan fingerprint density at radius 1 is 1.50 bits per heavy atom. The summed E-state index contributed by atoms with van der Waals surface area (Å²) in [5.41, 5.74) is 2.95. The van der Waals surface area contributed by atoms with Crippen LogP contribution in [0.1, 0.15) is 12.8 Å². The van der Waals surface area contributed by atoms with Gasteiger partial charge in [0.2, 0.25) is 0 Å². The van der Waals surface area contributed by atoms with Gasteiger partial charge in [-0.2, -0.15) is 0 Å². The number of hydrogen-bond donors (Lipinski definition) is 2. The van der Waals surface area contributed by atoms with Crippen molar-refractivity contribution in [2.24, 2.45) is 11.8 Å². The summed E-state index contributed by atoms with van der Waals surface area (Å²) in [5, 5.41) is 0. The summed E-state index contributed by atoms with van der Waals surface area (Å²) in [6.07, 6.45) is 2.34. The van der Waals surface area contributed by atoms with Crippen molar-refractivity contribution in [1.29, 1.82) is 0 Å². The van der Waals surface area contributed by atoms with Crippen molar-refractivity contribution in [3.63, 3.8) is 0 Å². The molecule has 1 aromatic carbocycles. The summed E-state index contributed by atoms with van der Waals surface area (Å²) < 4.78 is 6.67. The van der Waals surface area contributed by atoms with Crippen molar-refractivity contribution in [3.8, 4) is 0 Å². The van der Waals surface area contributed by atoms with Crippen molar-refractivity contribution in [3.05, 3.63) is 28.7 Å². The Morgan fingerprint density at radius 2 is 2.33 bits per heavy atom. The lowest BCUT2D eigenvalue weighted by Gasteiger charge is -2.29. The summed E-state index contributed by atoms with van der Waals surface area (Å²) in [5.74, 6) is 7.17. The van der Waals surface area contributed by atoms with Gasteiger partial charge in [0.25, 0.3) is 0 Å². The highest BCUT2D eigenvalue weighted by atomic mass is 79.9. The Hall–Kier alpha value is -0.0700. The van der Waals surface area contributed by atoms with Gasteiger partial charge in [-0.1, -0.05) is 12.1 Å². The van der Waals surface area contributed by atoms with Crippen LogP contribution in [-0.4, -0.2) is 25.0 Å². The number of hydrazine groups is 1. The zero-order valence-corrected chi connectivity index (χ0v) is 12.7. The molecule has 1 fully saturated rings. The fourth-order valence-electron chi connectivity index (χ4n) is 2.14. The molecule has 0 amide bonds. The molecule has 0 bridgehead atoms. The third-order valence-corrected chi connectivity index (χ3v) is 5.38. The van der Waals surface area contributed by atoms with Gasteiger partial charge in [-0.3, -0.25) is 11.3 Å². The fourth-order valence-corrected chi connectivity index (χ4v) is 3.88. The van der Waals surface area contributed by atoms with Crippen LogP contribution < -0.4 is 11.3 Å². The molecule has 3 nitrogen and oxygen atoms in total. The normalized spacial score (nSPS) is 21.8. The maximum absolute atomic E-state index is 5.68. The minimum Gasteiger partial charge on any atom is -0.381 e. The maximum Gasteiger partial charge on any atom is 0.0509 e. The SMILES string of the molecule is NNC(CSc1ccccc1Br)C1CCCOC1. The Balaban J connectivity index is 1.88. The molecule has 0 aliphatic carbocycles. The van der Waals surface area contributed by atoms with Crippen molar-refractivity contribution < 1.29 is 4.74 Å². The molecule has 1 aliphatic rings. The predicted molar refractivity (Wildman–Crippen MR) is 79.5 cm³/mol. The molecule has 1 saturated heterocycles. The molecular weight excluding hydrogens is 312 g/mol. The van der Waals surface area contributed by atoms with E-state index in [0.717, 1.165) is 29.9 Å². The molecule has 2 rings (SSSR count). The van der Waals surface area contributed by atoms with Crippen molar-refractivity contribution in [2.75, 3.05) is 19.0 Å². The van der Waals surface area contributed by atoms with Gasteiger partial charge in [0.15, 0.2) is 0 Å². The van der Waals surface area contributed by atoms with Crippen LogP contribution in [0.4, 0.5) is 0 Å². The highest BCUT2D eigenvalue weighted by molar-refractivity contribution is 9.10. The Bertz CT molecular complexity index is 372. The Labute approximate surface area is 121 Å². The van der Waals surface area contributed by atoms with Crippen LogP contribution in [0, 0.1) is 5.92 Å². The van der Waals surface area contributed by atoms with Gasteiger partial charge < -0.3 is 4.74 Å². The zero-order valence-electron chi connectivity index (χ0n) is 10.3. The van der Waals surface area contributed by atoms with Gasteiger partial charge in [-0.15, -0.1) is 11.8 Å². The van der Waals surface area contributed by atoms with Gasteiger partial charge in [0.05, 0.1) is 6.61 Å². The van der Waals surface area contributed by atoms with Crippen LogP contribution in [-0.2, 0) is 4.74 Å². The van der Waals surface area contributed by atoms with Crippen LogP contribution in [0.3, 0.4) is 0 Å². The molecule has 1 aliphatic heterocycles. The fraction of sp³-hybridized carbons (Fsp3) is 0.538. The lowest BCUT2D eigenvalue weighted by molar-refractivity contribution is 0.0427. The third-order valence-electron chi connectivity index (χ3n) is 3.23. The van der Waals surface area contributed by atoms with Crippen LogP contribution in [0.5, 0.6) is 0 Å². The van der Waals surface area contributed by atoms with E-state index in [9.17, 15) is 0 Å². The summed E-state index contributed by atoms with van der Waals surface area (Å²) in [4.78, 5) is 1.26. The van der Waals surface area contributed by atoms with Gasteiger partial charge in [-0.05, 0) is 46.8 Å². The highest BCUT2D eigenvalue weighted by Gasteiger charge is 2.23. The van der Waals surface area contributed by atoms with Crippen LogP contribution in [0.25, 0.3) is 0 Å². The molecule has 0 saturated carbocycles. The van der Waals surface area contributed by atoms with E-state index in [1.165, 1.54) is 11.3 Å². The highest BCUT2D eigenvalue weighted by Crippen LogP contribution is 2.29. The zero-order chi connectivity index (χ0) is 12.8. The van der Waals surface area contributed by atoms with Gasteiger partial charge in [-0.25, -0.2) is 0 Å². The standard InChI is InChI=1S/C13H19BrN2OS/c14-11-5-1-2-6-13(11)18-9-12(16-15)10-4-3-7-17-8-10/h1-2,5-6,10,12,16H,3-4,7-9,15H2. The number of nitrogens with one attached hydrogen (secondary N) is 1. The molecule has 0 spiro atoms. The van der Waals surface area contributed by atoms with Crippen LogP contribution in [0.15, 0.2) is 33.6 Å². The van der Waals surface area contributed by atoms with E-state index in [1.54, 1.807) is 0 Å². The molecule has 5 heteroatoms. The lowest BCUT2D eigenvalue weighted by Crippen LogP contribution is -2.45. The van der Waals surface area contributed by atoms with Crippen LogP contribution >= 0.6 is 27.7 Å². The average Bonchev–Trinajstić information content (AvgIpc) is 2.42. The number of ether oxygens (including phenoxy) is 1. The van der Waals surface area contributed by atoms with Gasteiger partial charge in [0.1, 0.15) is 0 Å². The number of rotatable bonds is 5. The largest absolute Gasteiger partial charge is 0.381 e. The van der Waals surface area contributed by atoms with Gasteiger partial charge >= 0.3 is 0 Å². The molecule has 18 heavy (non-hydrogen) atoms. The molecular formula is C13H19BrN2OS. The second-order valence-corrected chi connectivity index (χ2v) is 6.41. The number of nitrogens with two attached hydrogens (primary N) is 1. The maximum atomic E-state index is 5.68. The number of benzene rings is 1. The van der Waals surface area contributed by atoms with E-state index < -0.39 is 0 Å². The van der Waals surface area contributed by atoms with Crippen molar-refractivity contribution in [1.82, 2.24) is 5.43 Å². The molecule has 3 N–H and O–H groups in total. The molecule has 2 unspecified atom stereocenters. The minimum atomic E-state index is 0.308. The topological polar surface area (TPSA) is 47.3 Å². The first-order valence-corrected chi connectivity index (χ1v) is 8.00. The molecule has 2 atom stereocenters. The second-order valence-electron chi connectivity index (χ2n) is 4.49. The monoisotopic (exact) mass is 330 g/mol. The second kappa shape index (κ2) is 7.50. The number of thioether (sulfide) groups is 1. The number of hydrogen-bond acceptors (Lipinski definition) is 4. The van der Waals surface area contributed by atoms with Crippen LogP contribution in [0.2, 0.25) is 0 Å². The summed E-state index contributed by atoms with van der Waals surface area (Å²) in [7, 11) is 0. The Morgan fingerprint density at radius 3 is 3.00 bits per heavy atom. The smallest absolute Gasteiger partial charge is 0.0509 e. The summed E-state index contributed by atoms with van der Waals surface area (Å²) in [6.45, 7) is 1.72. The van der Waals surface area contributed by atoms with Crippen molar-refractivity contribution in [2.45, 2.75) is 23.8 Å². The van der Waals surface area contributed by atoms with E-state index in [1.807, 2.05) is 17.8 Å². The van der Waals surface area contributed by atoms with Gasteiger partial charge in [0, 0.05) is 27.8 Å².